The third kappa shape index (κ3) is 2.19. The number of methoxy groups -OCH3 is 1. The maximum Gasteiger partial charge on any atom is 0.128 e. The summed E-state index contributed by atoms with van der Waals surface area (Å²) >= 11 is 0. The van der Waals surface area contributed by atoms with Gasteiger partial charge in [0.15, 0.2) is 0 Å². The zero-order chi connectivity index (χ0) is 14.9. The summed E-state index contributed by atoms with van der Waals surface area (Å²) in [6.45, 7) is 0. The van der Waals surface area contributed by atoms with Crippen LogP contribution in [0.5, 0.6) is 5.75 Å². The molecule has 1 atom stereocenters. The van der Waals surface area contributed by atoms with E-state index in [1.165, 1.54) is 11.1 Å². The van der Waals surface area contributed by atoms with Crippen molar-refractivity contribution >= 4 is 16.7 Å². The standard InChI is InChI=1S/C19H18N2O/c1-22-18-8-4-7-16-15(18)10-12-19(20-16)21-17-11-9-13-5-2-3-6-14(13)17/h2-8,10,12,17H,9,11H2,1H3,(H,20,21). The summed E-state index contributed by atoms with van der Waals surface area (Å²) in [6, 6.07) is 19.1. The number of nitrogens with one attached hydrogen (secondary N) is 1. The van der Waals surface area contributed by atoms with E-state index in [2.05, 4.69) is 35.6 Å². The van der Waals surface area contributed by atoms with E-state index in [4.69, 9.17) is 9.72 Å². The van der Waals surface area contributed by atoms with E-state index in [1.807, 2.05) is 24.3 Å². The van der Waals surface area contributed by atoms with Crippen molar-refractivity contribution in [1.29, 1.82) is 0 Å². The van der Waals surface area contributed by atoms with E-state index >= 15 is 0 Å². The van der Waals surface area contributed by atoms with Crippen molar-refractivity contribution in [3.8, 4) is 5.75 Å². The van der Waals surface area contributed by atoms with Gasteiger partial charge in [-0.05, 0) is 48.2 Å². The van der Waals surface area contributed by atoms with Crippen LogP contribution in [0.2, 0.25) is 0 Å². The summed E-state index contributed by atoms with van der Waals surface area (Å²) in [5.74, 6) is 1.78. The second-order valence-electron chi connectivity index (χ2n) is 5.66. The summed E-state index contributed by atoms with van der Waals surface area (Å²) in [6.07, 6.45) is 2.26. The van der Waals surface area contributed by atoms with Crippen molar-refractivity contribution in [1.82, 2.24) is 4.98 Å². The number of rotatable bonds is 3. The van der Waals surface area contributed by atoms with Gasteiger partial charge in [0.1, 0.15) is 11.6 Å². The molecule has 0 fully saturated rings. The van der Waals surface area contributed by atoms with Gasteiger partial charge in [0.2, 0.25) is 0 Å². The predicted molar refractivity (Wildman–Crippen MR) is 89.4 cm³/mol. The average molecular weight is 290 g/mol. The summed E-state index contributed by atoms with van der Waals surface area (Å²) in [5, 5.41) is 4.62. The highest BCUT2D eigenvalue weighted by Crippen LogP contribution is 2.34. The van der Waals surface area contributed by atoms with Crippen molar-refractivity contribution in [2.24, 2.45) is 0 Å². The van der Waals surface area contributed by atoms with Gasteiger partial charge in [-0.15, -0.1) is 0 Å². The van der Waals surface area contributed by atoms with Gasteiger partial charge in [-0.2, -0.15) is 0 Å². The number of nitrogens with zero attached hydrogens (tertiary/aromatic N) is 1. The van der Waals surface area contributed by atoms with Crippen LogP contribution in [0.15, 0.2) is 54.6 Å². The molecule has 0 amide bonds. The molecule has 2 aromatic carbocycles. The van der Waals surface area contributed by atoms with Crippen molar-refractivity contribution in [2.75, 3.05) is 12.4 Å². The van der Waals surface area contributed by atoms with E-state index in [9.17, 15) is 0 Å². The molecule has 0 bridgehead atoms. The third-order valence-corrected chi connectivity index (χ3v) is 4.37. The Labute approximate surface area is 130 Å². The van der Waals surface area contributed by atoms with Crippen LogP contribution in [0.4, 0.5) is 5.82 Å². The second kappa shape index (κ2) is 5.34. The largest absolute Gasteiger partial charge is 0.496 e. The molecule has 0 saturated carbocycles. The lowest BCUT2D eigenvalue weighted by Crippen LogP contribution is -2.08. The van der Waals surface area contributed by atoms with Crippen LogP contribution >= 0.6 is 0 Å². The Morgan fingerprint density at radius 2 is 1.95 bits per heavy atom. The van der Waals surface area contributed by atoms with Gasteiger partial charge in [-0.25, -0.2) is 4.98 Å². The molecular formula is C19H18N2O. The number of pyridine rings is 1. The zero-order valence-corrected chi connectivity index (χ0v) is 12.5. The highest BCUT2D eigenvalue weighted by atomic mass is 16.5. The monoisotopic (exact) mass is 290 g/mol. The third-order valence-electron chi connectivity index (χ3n) is 4.37. The second-order valence-corrected chi connectivity index (χ2v) is 5.66. The molecule has 22 heavy (non-hydrogen) atoms. The number of fused-ring (bicyclic) bond motifs is 2. The lowest BCUT2D eigenvalue weighted by molar-refractivity contribution is 0.420. The fraction of sp³-hybridized carbons (Fsp3) is 0.211. The number of hydrogen-bond donors (Lipinski definition) is 1. The first-order valence-corrected chi connectivity index (χ1v) is 7.63. The van der Waals surface area contributed by atoms with Crippen LogP contribution < -0.4 is 10.1 Å². The van der Waals surface area contributed by atoms with Crippen LogP contribution in [-0.4, -0.2) is 12.1 Å². The molecule has 3 aromatic rings. The Bertz CT molecular complexity index is 829. The molecule has 4 rings (SSSR count). The molecule has 1 unspecified atom stereocenters. The molecule has 1 aliphatic carbocycles. The highest BCUT2D eigenvalue weighted by Gasteiger charge is 2.21. The molecule has 1 aromatic heterocycles. The quantitative estimate of drug-likeness (QED) is 0.779. The zero-order valence-electron chi connectivity index (χ0n) is 12.5. The summed E-state index contributed by atoms with van der Waals surface area (Å²) in [7, 11) is 1.69. The van der Waals surface area contributed by atoms with E-state index in [1.54, 1.807) is 7.11 Å². The highest BCUT2D eigenvalue weighted by molar-refractivity contribution is 5.86. The number of aryl methyl sites for hydroxylation is 1. The Balaban J connectivity index is 1.66. The Morgan fingerprint density at radius 3 is 2.86 bits per heavy atom. The molecule has 0 saturated heterocycles. The van der Waals surface area contributed by atoms with Gasteiger partial charge in [0, 0.05) is 5.39 Å². The number of ether oxygens (including phenoxy) is 1. The molecule has 110 valence electrons. The van der Waals surface area contributed by atoms with E-state index in [-0.39, 0.29) is 0 Å². The molecule has 1 heterocycles. The van der Waals surface area contributed by atoms with Crippen LogP contribution in [0.25, 0.3) is 10.9 Å². The average Bonchev–Trinajstić information content (AvgIpc) is 2.97. The minimum atomic E-state index is 0.353. The lowest BCUT2D eigenvalue weighted by Gasteiger charge is -2.15. The first-order chi connectivity index (χ1) is 10.8. The van der Waals surface area contributed by atoms with Crippen molar-refractivity contribution in [3.63, 3.8) is 0 Å². The minimum Gasteiger partial charge on any atom is -0.496 e. The van der Waals surface area contributed by atoms with Gasteiger partial charge >= 0.3 is 0 Å². The van der Waals surface area contributed by atoms with E-state index in [0.29, 0.717) is 6.04 Å². The smallest absolute Gasteiger partial charge is 0.128 e. The van der Waals surface area contributed by atoms with E-state index < -0.39 is 0 Å². The Kier molecular flexibility index (Phi) is 3.19. The number of anilines is 1. The molecule has 1 aliphatic rings. The van der Waals surface area contributed by atoms with Gasteiger partial charge in [0.05, 0.1) is 18.7 Å². The number of aromatic nitrogens is 1. The normalized spacial score (nSPS) is 16.5. The van der Waals surface area contributed by atoms with Gasteiger partial charge in [-0.3, -0.25) is 0 Å². The Hall–Kier alpha value is -2.55. The van der Waals surface area contributed by atoms with Gasteiger partial charge in [-0.1, -0.05) is 30.3 Å². The molecule has 0 aliphatic heterocycles. The van der Waals surface area contributed by atoms with Crippen molar-refractivity contribution in [2.45, 2.75) is 18.9 Å². The minimum absolute atomic E-state index is 0.353. The predicted octanol–water partition coefficient (Wildman–Crippen LogP) is 4.34. The molecule has 3 nitrogen and oxygen atoms in total. The summed E-state index contributed by atoms with van der Waals surface area (Å²) < 4.78 is 5.39. The van der Waals surface area contributed by atoms with Crippen LogP contribution in [0, 0.1) is 0 Å². The van der Waals surface area contributed by atoms with Crippen LogP contribution in [0.1, 0.15) is 23.6 Å². The summed E-state index contributed by atoms with van der Waals surface area (Å²) in [5.41, 5.74) is 3.80. The summed E-state index contributed by atoms with van der Waals surface area (Å²) in [4.78, 5) is 4.73. The van der Waals surface area contributed by atoms with Crippen LogP contribution in [-0.2, 0) is 6.42 Å². The molecule has 3 heteroatoms. The van der Waals surface area contributed by atoms with Crippen molar-refractivity contribution < 1.29 is 4.74 Å². The van der Waals surface area contributed by atoms with E-state index in [0.717, 1.165) is 35.3 Å². The molecule has 0 radical (unpaired) electrons. The van der Waals surface area contributed by atoms with Crippen LogP contribution in [0.3, 0.4) is 0 Å². The first-order valence-electron chi connectivity index (χ1n) is 7.63. The lowest BCUT2D eigenvalue weighted by atomic mass is 10.1. The maximum absolute atomic E-state index is 5.39. The van der Waals surface area contributed by atoms with Gasteiger partial charge in [0.25, 0.3) is 0 Å². The molecule has 0 spiro atoms. The maximum atomic E-state index is 5.39. The fourth-order valence-electron chi connectivity index (χ4n) is 3.27. The number of benzene rings is 2. The molecular weight excluding hydrogens is 272 g/mol. The van der Waals surface area contributed by atoms with Gasteiger partial charge < -0.3 is 10.1 Å². The topological polar surface area (TPSA) is 34.1 Å². The fourth-order valence-corrected chi connectivity index (χ4v) is 3.27. The SMILES string of the molecule is COc1cccc2nc(NC3CCc4ccccc43)ccc12. The Morgan fingerprint density at radius 1 is 1.05 bits per heavy atom. The first kappa shape index (κ1) is 13.1. The number of hydrogen-bond acceptors (Lipinski definition) is 3. The van der Waals surface area contributed by atoms with Crippen molar-refractivity contribution in [3.05, 3.63) is 65.7 Å². The molecule has 1 N–H and O–H groups in total.